The summed E-state index contributed by atoms with van der Waals surface area (Å²) in [4.78, 5) is 1.25. The van der Waals surface area contributed by atoms with Gasteiger partial charge in [0.25, 0.3) is 0 Å². The fraction of sp³-hybridized carbons (Fsp3) is 0.133. The van der Waals surface area contributed by atoms with Crippen LogP contribution in [-0.2, 0) is 6.42 Å². The van der Waals surface area contributed by atoms with Gasteiger partial charge in [-0.3, -0.25) is 0 Å². The van der Waals surface area contributed by atoms with Gasteiger partial charge in [0.1, 0.15) is 5.69 Å². The molecule has 3 heterocycles. The molecule has 19 heavy (non-hydrogen) atoms. The molecule has 0 bridgehead atoms. The molecule has 0 aromatic carbocycles. The highest BCUT2D eigenvalue weighted by molar-refractivity contribution is 7.13. The number of hydrogen-bond acceptors (Lipinski definition) is 3. The van der Waals surface area contributed by atoms with Crippen molar-refractivity contribution >= 4 is 28.7 Å². The van der Waals surface area contributed by atoms with Crippen LogP contribution in [0.5, 0.6) is 0 Å². The molecule has 0 N–H and O–H groups in total. The molecule has 1 aliphatic carbocycles. The molecular formula is C15H12N2S2. The molecule has 0 saturated heterocycles. The standard InChI is InChI=1S/C15H12N2S2/c1-2-5-13-12(4-1)15(14-6-3-8-19-14)16-17(13)11-7-9-18-10-11/h1,3-4,6-10H,2,5H2. The van der Waals surface area contributed by atoms with E-state index >= 15 is 0 Å². The van der Waals surface area contributed by atoms with Gasteiger partial charge in [0.2, 0.25) is 0 Å². The highest BCUT2D eigenvalue weighted by atomic mass is 32.1. The second-order valence-corrected chi connectivity index (χ2v) is 6.25. The Bertz CT molecular complexity index is 719. The molecule has 1 aliphatic rings. The van der Waals surface area contributed by atoms with Crippen molar-refractivity contribution < 1.29 is 0 Å². The van der Waals surface area contributed by atoms with Gasteiger partial charge in [0, 0.05) is 10.9 Å². The first-order valence-electron chi connectivity index (χ1n) is 6.28. The van der Waals surface area contributed by atoms with Crippen LogP contribution >= 0.6 is 22.7 Å². The Labute approximate surface area is 119 Å². The van der Waals surface area contributed by atoms with E-state index in [1.807, 2.05) is 0 Å². The van der Waals surface area contributed by atoms with Crippen molar-refractivity contribution in [3.8, 4) is 16.3 Å². The van der Waals surface area contributed by atoms with Gasteiger partial charge in [0.15, 0.2) is 0 Å². The highest BCUT2D eigenvalue weighted by Gasteiger charge is 2.20. The first kappa shape index (κ1) is 11.2. The molecule has 4 heteroatoms. The largest absolute Gasteiger partial charge is 0.236 e. The van der Waals surface area contributed by atoms with E-state index in [1.165, 1.54) is 21.8 Å². The summed E-state index contributed by atoms with van der Waals surface area (Å²) in [6, 6.07) is 6.37. The van der Waals surface area contributed by atoms with E-state index in [1.54, 1.807) is 22.7 Å². The van der Waals surface area contributed by atoms with E-state index in [-0.39, 0.29) is 0 Å². The molecular weight excluding hydrogens is 272 g/mol. The Hall–Kier alpha value is -1.65. The molecule has 0 atom stereocenters. The zero-order valence-electron chi connectivity index (χ0n) is 10.2. The topological polar surface area (TPSA) is 17.8 Å². The van der Waals surface area contributed by atoms with Crippen LogP contribution in [0.3, 0.4) is 0 Å². The minimum absolute atomic E-state index is 1.07. The van der Waals surface area contributed by atoms with E-state index in [0.29, 0.717) is 0 Å². The minimum atomic E-state index is 1.07. The van der Waals surface area contributed by atoms with Crippen molar-refractivity contribution in [2.45, 2.75) is 12.8 Å². The predicted octanol–water partition coefficient (Wildman–Crippen LogP) is 4.62. The van der Waals surface area contributed by atoms with Crippen molar-refractivity contribution in [3.05, 3.63) is 51.7 Å². The molecule has 0 unspecified atom stereocenters. The van der Waals surface area contributed by atoms with Gasteiger partial charge < -0.3 is 0 Å². The van der Waals surface area contributed by atoms with E-state index in [2.05, 4.69) is 51.2 Å². The number of aromatic nitrogens is 2. The van der Waals surface area contributed by atoms with Crippen LogP contribution in [0, 0.1) is 0 Å². The summed E-state index contributed by atoms with van der Waals surface area (Å²) >= 11 is 3.47. The molecule has 3 aromatic rings. The lowest BCUT2D eigenvalue weighted by Gasteiger charge is -2.08. The van der Waals surface area contributed by atoms with Gasteiger partial charge in [-0.25, -0.2) is 4.68 Å². The third-order valence-electron chi connectivity index (χ3n) is 3.36. The molecule has 0 radical (unpaired) electrons. The highest BCUT2D eigenvalue weighted by Crippen LogP contribution is 2.34. The maximum atomic E-state index is 4.86. The van der Waals surface area contributed by atoms with Crippen LogP contribution in [0.25, 0.3) is 22.3 Å². The van der Waals surface area contributed by atoms with Gasteiger partial charge >= 0.3 is 0 Å². The van der Waals surface area contributed by atoms with E-state index < -0.39 is 0 Å². The van der Waals surface area contributed by atoms with Gasteiger partial charge in [-0.2, -0.15) is 16.4 Å². The summed E-state index contributed by atoms with van der Waals surface area (Å²) < 4.78 is 2.12. The van der Waals surface area contributed by atoms with Gasteiger partial charge in [-0.05, 0) is 35.7 Å². The number of nitrogens with zero attached hydrogens (tertiary/aromatic N) is 2. The quantitative estimate of drug-likeness (QED) is 0.671. The van der Waals surface area contributed by atoms with Gasteiger partial charge in [0.05, 0.1) is 16.3 Å². The van der Waals surface area contributed by atoms with Crippen LogP contribution < -0.4 is 0 Å². The van der Waals surface area contributed by atoms with Crippen molar-refractivity contribution in [1.29, 1.82) is 0 Å². The lowest BCUT2D eigenvalue weighted by molar-refractivity contribution is 0.794. The first-order valence-corrected chi connectivity index (χ1v) is 8.10. The molecule has 0 aliphatic heterocycles. The van der Waals surface area contributed by atoms with Crippen LogP contribution in [0.2, 0.25) is 0 Å². The first-order chi connectivity index (χ1) is 9.43. The van der Waals surface area contributed by atoms with Crippen molar-refractivity contribution in [3.63, 3.8) is 0 Å². The maximum absolute atomic E-state index is 4.86. The van der Waals surface area contributed by atoms with Crippen LogP contribution in [0.4, 0.5) is 0 Å². The second kappa shape index (κ2) is 4.47. The molecule has 0 fully saturated rings. The Morgan fingerprint density at radius 3 is 3.00 bits per heavy atom. The lowest BCUT2D eigenvalue weighted by Crippen LogP contribution is -2.03. The number of thiophene rings is 2. The summed E-state index contributed by atoms with van der Waals surface area (Å²) in [5.74, 6) is 0. The number of hydrogen-bond donors (Lipinski definition) is 0. The normalized spacial score (nSPS) is 13.7. The minimum Gasteiger partial charge on any atom is -0.236 e. The number of allylic oxidation sites excluding steroid dienone is 1. The Kier molecular flexibility index (Phi) is 2.64. The number of rotatable bonds is 2. The van der Waals surface area contributed by atoms with E-state index in [0.717, 1.165) is 18.5 Å². The average molecular weight is 284 g/mol. The summed E-state index contributed by atoms with van der Waals surface area (Å²) in [5.41, 5.74) is 4.93. The molecule has 0 saturated carbocycles. The van der Waals surface area contributed by atoms with E-state index in [9.17, 15) is 0 Å². The van der Waals surface area contributed by atoms with Crippen molar-refractivity contribution in [2.24, 2.45) is 0 Å². The maximum Gasteiger partial charge on any atom is 0.110 e. The molecule has 0 amide bonds. The van der Waals surface area contributed by atoms with Crippen LogP contribution in [0.1, 0.15) is 17.7 Å². The van der Waals surface area contributed by atoms with Crippen LogP contribution in [-0.4, -0.2) is 9.78 Å². The molecule has 94 valence electrons. The zero-order valence-corrected chi connectivity index (χ0v) is 11.9. The Morgan fingerprint density at radius 2 is 2.21 bits per heavy atom. The van der Waals surface area contributed by atoms with Crippen molar-refractivity contribution in [2.75, 3.05) is 0 Å². The van der Waals surface area contributed by atoms with E-state index in [4.69, 9.17) is 5.10 Å². The summed E-state index contributed by atoms with van der Waals surface area (Å²) in [7, 11) is 0. The fourth-order valence-corrected chi connectivity index (χ4v) is 3.83. The molecule has 0 spiro atoms. The second-order valence-electron chi connectivity index (χ2n) is 4.52. The Balaban J connectivity index is 1.97. The molecule has 2 nitrogen and oxygen atoms in total. The molecule has 4 rings (SSSR count). The SMILES string of the molecule is C1=Cc2c(-c3cccs3)nn(-c3ccsc3)c2CC1. The lowest BCUT2D eigenvalue weighted by atomic mass is 10.0. The third-order valence-corrected chi connectivity index (χ3v) is 4.91. The van der Waals surface area contributed by atoms with Crippen molar-refractivity contribution in [1.82, 2.24) is 9.78 Å². The average Bonchev–Trinajstić information content (AvgIpc) is 3.18. The number of fused-ring (bicyclic) bond motifs is 1. The summed E-state index contributed by atoms with van der Waals surface area (Å²) in [6.07, 6.45) is 6.65. The molecule has 3 aromatic heterocycles. The third kappa shape index (κ3) is 1.79. The van der Waals surface area contributed by atoms with Gasteiger partial charge in [-0.1, -0.05) is 18.2 Å². The van der Waals surface area contributed by atoms with Crippen LogP contribution in [0.15, 0.2) is 40.4 Å². The Morgan fingerprint density at radius 1 is 1.21 bits per heavy atom. The predicted molar refractivity (Wildman–Crippen MR) is 82.1 cm³/mol. The zero-order chi connectivity index (χ0) is 12.7. The summed E-state index contributed by atoms with van der Waals surface area (Å²) in [6.45, 7) is 0. The smallest absolute Gasteiger partial charge is 0.110 e. The monoisotopic (exact) mass is 284 g/mol. The van der Waals surface area contributed by atoms with Gasteiger partial charge in [-0.15, -0.1) is 11.3 Å². The summed E-state index contributed by atoms with van der Waals surface area (Å²) in [5, 5.41) is 11.2. The fourth-order valence-electron chi connectivity index (χ4n) is 2.49.